The zero-order chi connectivity index (χ0) is 30.5. The zero-order valence-corrected chi connectivity index (χ0v) is 27.9. The molecular weight excluding hydrogens is 549 g/mol. The Bertz CT molecular complexity index is 1980. The Kier molecular flexibility index (Phi) is 6.09. The molecule has 0 saturated carbocycles. The Morgan fingerprint density at radius 3 is 2.18 bits per heavy atom. The topological polar surface area (TPSA) is 12.5 Å². The molecule has 0 radical (unpaired) electrons. The summed E-state index contributed by atoms with van der Waals surface area (Å²) in [4.78, 5) is 2.57. The summed E-state index contributed by atoms with van der Waals surface area (Å²) < 4.78 is 6.80. The van der Waals surface area contributed by atoms with Gasteiger partial charge in [0.05, 0.1) is 0 Å². The van der Waals surface area contributed by atoms with Gasteiger partial charge >= 0.3 is 0 Å². The fourth-order valence-corrected chi connectivity index (χ4v) is 11.1. The maximum absolute atomic E-state index is 6.80. The molecule has 3 aliphatic heterocycles. The summed E-state index contributed by atoms with van der Waals surface area (Å²) in [6.07, 6.45) is 0. The summed E-state index contributed by atoms with van der Waals surface area (Å²) >= 11 is 0. The number of rotatable bonds is 2. The molecular formula is C40H40BNOSi. The van der Waals surface area contributed by atoms with Crippen molar-refractivity contribution in [2.45, 2.75) is 65.5 Å². The van der Waals surface area contributed by atoms with Crippen LogP contribution < -0.4 is 36.4 Å². The molecule has 1 unspecified atom stereocenters. The first-order valence-electron chi connectivity index (χ1n) is 16.3. The number of para-hydroxylation sites is 2. The van der Waals surface area contributed by atoms with Crippen molar-refractivity contribution in [3.63, 3.8) is 0 Å². The van der Waals surface area contributed by atoms with Gasteiger partial charge in [-0.2, -0.15) is 0 Å². The molecule has 4 heteroatoms. The monoisotopic (exact) mass is 589 g/mol. The molecule has 0 spiro atoms. The fraction of sp³-hybridized carbons (Fsp3) is 0.250. The van der Waals surface area contributed by atoms with Crippen LogP contribution in [-0.4, -0.2) is 14.8 Å². The smallest absolute Gasteiger partial charge is 0.254 e. The maximum atomic E-state index is 6.80. The molecule has 5 aromatic carbocycles. The number of hydrogen-bond donors (Lipinski definition) is 0. The molecule has 0 aliphatic carbocycles. The molecule has 1 atom stereocenters. The van der Waals surface area contributed by atoms with E-state index in [0.29, 0.717) is 11.8 Å². The van der Waals surface area contributed by atoms with Gasteiger partial charge < -0.3 is 9.64 Å². The molecule has 5 aromatic rings. The van der Waals surface area contributed by atoms with Crippen LogP contribution in [0.25, 0.3) is 0 Å². The summed E-state index contributed by atoms with van der Waals surface area (Å²) in [6.45, 7) is 16.9. The van der Waals surface area contributed by atoms with Gasteiger partial charge in [-0.05, 0) is 85.7 Å². The lowest BCUT2D eigenvalue weighted by Crippen LogP contribution is -2.61. The lowest BCUT2D eigenvalue weighted by Gasteiger charge is -2.44. The molecule has 0 fully saturated rings. The van der Waals surface area contributed by atoms with Crippen molar-refractivity contribution in [3.8, 4) is 11.5 Å². The summed E-state index contributed by atoms with van der Waals surface area (Å²) in [6, 6.07) is 37.0. The van der Waals surface area contributed by atoms with E-state index in [1.54, 1.807) is 0 Å². The largest absolute Gasteiger partial charge is 0.458 e. The molecule has 44 heavy (non-hydrogen) atoms. The number of fused-ring (bicyclic) bond motifs is 8. The highest BCUT2D eigenvalue weighted by atomic mass is 28.3. The third-order valence-corrected chi connectivity index (χ3v) is 14.1. The minimum Gasteiger partial charge on any atom is -0.458 e. The Balaban J connectivity index is 1.57. The first kappa shape index (κ1) is 27.5. The van der Waals surface area contributed by atoms with Gasteiger partial charge in [-0.3, -0.25) is 0 Å². The van der Waals surface area contributed by atoms with Crippen LogP contribution >= 0.6 is 0 Å². The quantitative estimate of drug-likeness (QED) is 0.193. The highest BCUT2D eigenvalue weighted by molar-refractivity contribution is 7.03. The first-order valence-corrected chi connectivity index (χ1v) is 19.3. The predicted molar refractivity (Wildman–Crippen MR) is 191 cm³/mol. The molecule has 218 valence electrons. The van der Waals surface area contributed by atoms with Gasteiger partial charge in [-0.25, -0.2) is 0 Å². The molecule has 0 N–H and O–H groups in total. The normalized spacial score (nSPS) is 17.0. The van der Waals surface area contributed by atoms with Gasteiger partial charge in [0, 0.05) is 23.0 Å². The standard InChI is InChI=1S/C40H40BNOSi/c1-24(2)28-21-29(25(3)4)39-30(22-28)26(5)27-19-20-38-34(23-27)42(32-14-9-11-18-37(32)44(38,6)7)33-15-12-17-36-40(33)41(39)31-13-8-10-16-35(31)43-36/h8-26H,1-7H3. The van der Waals surface area contributed by atoms with Gasteiger partial charge in [-0.15, -0.1) is 0 Å². The zero-order valence-electron chi connectivity index (χ0n) is 26.9. The molecule has 8 rings (SSSR count). The van der Waals surface area contributed by atoms with Crippen LogP contribution in [0.3, 0.4) is 0 Å². The second-order valence-electron chi connectivity index (χ2n) is 14.2. The van der Waals surface area contributed by atoms with Gasteiger partial charge in [0.25, 0.3) is 6.71 Å². The van der Waals surface area contributed by atoms with Crippen molar-refractivity contribution < 1.29 is 4.74 Å². The van der Waals surface area contributed by atoms with Gasteiger partial charge in [0.2, 0.25) is 0 Å². The van der Waals surface area contributed by atoms with Crippen LogP contribution in [0.2, 0.25) is 13.1 Å². The Labute approximate surface area is 263 Å². The van der Waals surface area contributed by atoms with E-state index in [0.717, 1.165) is 11.5 Å². The number of anilines is 3. The Morgan fingerprint density at radius 1 is 0.682 bits per heavy atom. The van der Waals surface area contributed by atoms with E-state index in [1.807, 2.05) is 0 Å². The first-order chi connectivity index (χ1) is 21.2. The maximum Gasteiger partial charge on any atom is 0.254 e. The van der Waals surface area contributed by atoms with E-state index < -0.39 is 8.07 Å². The number of nitrogens with zero attached hydrogens (tertiary/aromatic N) is 1. The lowest BCUT2D eigenvalue weighted by atomic mass is 9.33. The van der Waals surface area contributed by atoms with Crippen LogP contribution in [0.4, 0.5) is 17.1 Å². The van der Waals surface area contributed by atoms with Crippen LogP contribution in [0.15, 0.2) is 97.1 Å². The van der Waals surface area contributed by atoms with Crippen molar-refractivity contribution in [1.29, 1.82) is 0 Å². The van der Waals surface area contributed by atoms with E-state index in [4.69, 9.17) is 4.74 Å². The summed E-state index contributed by atoms with van der Waals surface area (Å²) in [5.74, 6) is 2.99. The van der Waals surface area contributed by atoms with Crippen LogP contribution in [0.1, 0.15) is 74.6 Å². The molecule has 2 bridgehead atoms. The highest BCUT2D eigenvalue weighted by Crippen LogP contribution is 2.43. The van der Waals surface area contributed by atoms with Crippen molar-refractivity contribution >= 4 is 58.6 Å². The van der Waals surface area contributed by atoms with Crippen molar-refractivity contribution in [2.24, 2.45) is 0 Å². The summed E-state index contributed by atoms with van der Waals surface area (Å²) in [5.41, 5.74) is 13.6. The fourth-order valence-electron chi connectivity index (χ4n) is 8.16. The van der Waals surface area contributed by atoms with Gasteiger partial charge in [0.15, 0.2) is 0 Å². The molecule has 2 nitrogen and oxygen atoms in total. The minimum absolute atomic E-state index is 0.0500. The van der Waals surface area contributed by atoms with Crippen molar-refractivity contribution in [1.82, 2.24) is 0 Å². The van der Waals surface area contributed by atoms with Crippen LogP contribution in [-0.2, 0) is 0 Å². The van der Waals surface area contributed by atoms with E-state index in [1.165, 1.54) is 66.1 Å². The van der Waals surface area contributed by atoms with Gasteiger partial charge in [0.1, 0.15) is 19.6 Å². The number of ether oxygens (including phenoxy) is 1. The molecule has 0 amide bonds. The second-order valence-corrected chi connectivity index (χ2v) is 18.5. The van der Waals surface area contributed by atoms with Crippen molar-refractivity contribution in [2.75, 3.05) is 4.90 Å². The van der Waals surface area contributed by atoms with E-state index in [9.17, 15) is 0 Å². The third-order valence-electron chi connectivity index (χ3n) is 10.6. The number of hydrogen-bond acceptors (Lipinski definition) is 2. The summed E-state index contributed by atoms with van der Waals surface area (Å²) in [7, 11) is -1.95. The number of benzene rings is 5. The predicted octanol–water partition coefficient (Wildman–Crippen LogP) is 7.63. The highest BCUT2D eigenvalue weighted by Gasteiger charge is 2.44. The molecule has 3 aliphatic rings. The second kappa shape index (κ2) is 9.74. The van der Waals surface area contributed by atoms with E-state index in [2.05, 4.69) is 150 Å². The van der Waals surface area contributed by atoms with Gasteiger partial charge in [-0.1, -0.05) is 120 Å². The third kappa shape index (κ3) is 3.80. The summed E-state index contributed by atoms with van der Waals surface area (Å²) in [5, 5.41) is 2.99. The molecule has 0 aromatic heterocycles. The average Bonchev–Trinajstić information content (AvgIpc) is 3.02. The SMILES string of the molecule is CC(C)c1cc(C(C)C)c2c(c1)C(C)c1ccc3c(c1)N(c1ccccc1[Si]3(C)C)c1cccc3c1B2c1ccccc1O3. The Hall–Kier alpha value is -4.02. The van der Waals surface area contributed by atoms with Crippen molar-refractivity contribution in [3.05, 3.63) is 119 Å². The van der Waals surface area contributed by atoms with Crippen LogP contribution in [0, 0.1) is 0 Å². The van der Waals surface area contributed by atoms with E-state index in [-0.39, 0.29) is 12.6 Å². The minimum atomic E-state index is -1.95. The Morgan fingerprint density at radius 2 is 1.39 bits per heavy atom. The van der Waals surface area contributed by atoms with Crippen LogP contribution in [0.5, 0.6) is 11.5 Å². The van der Waals surface area contributed by atoms with E-state index >= 15 is 0 Å². The molecule has 3 heterocycles. The lowest BCUT2D eigenvalue weighted by molar-refractivity contribution is 0.487. The molecule has 0 saturated heterocycles. The average molecular weight is 590 g/mol.